The molecule has 2 aliphatic rings. The van der Waals surface area contributed by atoms with E-state index in [4.69, 9.17) is 5.73 Å². The Hall–Kier alpha value is -1.38. The number of pyridine rings is 1. The largest absolute Gasteiger partial charge is 0.433 e. The third kappa shape index (κ3) is 3.08. The maximum atomic E-state index is 12.9. The van der Waals surface area contributed by atoms with E-state index in [9.17, 15) is 18.0 Å². The SMILES string of the molecule is Cc1c(C(=O)N2CC3CCC(N)C3C2)sc2nc(C(F)(F)F)ccc12.Cl. The quantitative estimate of drug-likeness (QED) is 0.783. The Morgan fingerprint density at radius 3 is 2.69 bits per heavy atom. The predicted molar refractivity (Wildman–Crippen MR) is 96.7 cm³/mol. The summed E-state index contributed by atoms with van der Waals surface area (Å²) in [6, 6.07) is 2.51. The number of likely N-dealkylation sites (tertiary alicyclic amines) is 1. The number of amides is 1. The molecule has 1 aliphatic carbocycles. The van der Waals surface area contributed by atoms with Crippen LogP contribution in [0.1, 0.15) is 33.8 Å². The van der Waals surface area contributed by atoms with Gasteiger partial charge in [0.15, 0.2) is 0 Å². The zero-order chi connectivity index (χ0) is 17.9. The molecule has 4 rings (SSSR count). The van der Waals surface area contributed by atoms with E-state index in [2.05, 4.69) is 4.98 Å². The molecule has 2 fully saturated rings. The molecule has 1 saturated carbocycles. The highest BCUT2D eigenvalue weighted by atomic mass is 35.5. The number of rotatable bonds is 1. The number of thiophene rings is 1. The molecule has 0 spiro atoms. The minimum absolute atomic E-state index is 0. The third-order valence-corrected chi connectivity index (χ3v) is 6.68. The number of hydrogen-bond donors (Lipinski definition) is 1. The van der Waals surface area contributed by atoms with E-state index >= 15 is 0 Å². The summed E-state index contributed by atoms with van der Waals surface area (Å²) in [5.41, 5.74) is 5.89. The molecule has 142 valence electrons. The van der Waals surface area contributed by atoms with Crippen LogP contribution in [0.3, 0.4) is 0 Å². The molecule has 2 aromatic heterocycles. The van der Waals surface area contributed by atoms with Crippen LogP contribution in [0.25, 0.3) is 10.2 Å². The highest BCUT2D eigenvalue weighted by Crippen LogP contribution is 2.39. The van der Waals surface area contributed by atoms with Gasteiger partial charge in [-0.1, -0.05) is 0 Å². The Kier molecular flexibility index (Phi) is 4.96. The van der Waals surface area contributed by atoms with E-state index in [0.717, 1.165) is 30.2 Å². The summed E-state index contributed by atoms with van der Waals surface area (Å²) in [6.07, 6.45) is -2.44. The Balaban J connectivity index is 0.00000196. The molecule has 3 atom stereocenters. The number of aromatic nitrogens is 1. The van der Waals surface area contributed by atoms with Crippen molar-refractivity contribution >= 4 is 39.9 Å². The number of hydrogen-bond acceptors (Lipinski definition) is 4. The van der Waals surface area contributed by atoms with E-state index in [-0.39, 0.29) is 29.2 Å². The molecule has 1 aliphatic heterocycles. The molecule has 4 nitrogen and oxygen atoms in total. The summed E-state index contributed by atoms with van der Waals surface area (Å²) in [6.45, 7) is 3.09. The van der Waals surface area contributed by atoms with Gasteiger partial charge in [0.05, 0.1) is 4.88 Å². The van der Waals surface area contributed by atoms with E-state index in [1.54, 1.807) is 11.8 Å². The van der Waals surface area contributed by atoms with E-state index in [1.807, 2.05) is 0 Å². The zero-order valence-electron chi connectivity index (χ0n) is 14.0. The minimum Gasteiger partial charge on any atom is -0.337 e. The van der Waals surface area contributed by atoms with Gasteiger partial charge < -0.3 is 10.6 Å². The zero-order valence-corrected chi connectivity index (χ0v) is 15.7. The van der Waals surface area contributed by atoms with Crippen LogP contribution in [0.2, 0.25) is 0 Å². The van der Waals surface area contributed by atoms with Crippen molar-refractivity contribution in [3.63, 3.8) is 0 Å². The van der Waals surface area contributed by atoms with E-state index in [1.165, 1.54) is 6.07 Å². The Labute approximate surface area is 159 Å². The first-order valence-corrected chi connectivity index (χ1v) is 9.09. The number of nitrogens with two attached hydrogens (primary N) is 1. The summed E-state index contributed by atoms with van der Waals surface area (Å²) < 4.78 is 38.6. The maximum Gasteiger partial charge on any atom is 0.433 e. The summed E-state index contributed by atoms with van der Waals surface area (Å²) in [7, 11) is 0. The molecule has 0 bridgehead atoms. The lowest BCUT2D eigenvalue weighted by Crippen LogP contribution is -2.33. The molecular weight excluding hydrogens is 387 g/mol. The lowest BCUT2D eigenvalue weighted by atomic mass is 9.98. The van der Waals surface area contributed by atoms with Crippen molar-refractivity contribution in [2.24, 2.45) is 17.6 Å². The van der Waals surface area contributed by atoms with Crippen molar-refractivity contribution < 1.29 is 18.0 Å². The van der Waals surface area contributed by atoms with Crippen LogP contribution in [0.15, 0.2) is 12.1 Å². The first-order valence-electron chi connectivity index (χ1n) is 8.28. The van der Waals surface area contributed by atoms with Crippen molar-refractivity contribution in [3.8, 4) is 0 Å². The molecule has 9 heteroatoms. The molecular formula is C17H19ClF3N3OS. The van der Waals surface area contributed by atoms with Crippen LogP contribution in [0, 0.1) is 18.8 Å². The molecule has 1 amide bonds. The fourth-order valence-corrected chi connectivity index (χ4v) is 5.23. The van der Waals surface area contributed by atoms with Crippen molar-refractivity contribution in [2.75, 3.05) is 13.1 Å². The smallest absolute Gasteiger partial charge is 0.337 e. The topological polar surface area (TPSA) is 59.2 Å². The number of alkyl halides is 3. The number of nitrogens with zero attached hydrogens (tertiary/aromatic N) is 2. The highest BCUT2D eigenvalue weighted by molar-refractivity contribution is 7.20. The fourth-order valence-electron chi connectivity index (χ4n) is 4.08. The normalized spacial score (nSPS) is 25.4. The summed E-state index contributed by atoms with van der Waals surface area (Å²) in [4.78, 5) is 19.2. The molecule has 0 radical (unpaired) electrons. The lowest BCUT2D eigenvalue weighted by Gasteiger charge is -2.18. The summed E-state index contributed by atoms with van der Waals surface area (Å²) >= 11 is 1.04. The van der Waals surface area contributed by atoms with Crippen LogP contribution in [0.5, 0.6) is 0 Å². The lowest BCUT2D eigenvalue weighted by molar-refractivity contribution is -0.140. The standard InChI is InChI=1S/C17H18F3N3OS.ClH/c1-8-10-3-5-13(17(18,19)20)22-15(10)25-14(8)16(24)23-6-9-2-4-12(21)11(9)7-23;/h3,5,9,11-12H,2,4,6-7,21H2,1H3;1H. The second-order valence-corrected chi connectivity index (χ2v) is 7.98. The first-order chi connectivity index (χ1) is 11.8. The number of aryl methyl sites for hydroxylation is 1. The van der Waals surface area contributed by atoms with Gasteiger partial charge in [-0.15, -0.1) is 23.7 Å². The molecule has 2 N–H and O–H groups in total. The van der Waals surface area contributed by atoms with Gasteiger partial charge in [0.25, 0.3) is 5.91 Å². The third-order valence-electron chi connectivity index (χ3n) is 5.49. The summed E-state index contributed by atoms with van der Waals surface area (Å²) in [5.74, 6) is 0.674. The van der Waals surface area contributed by atoms with Gasteiger partial charge in [0.2, 0.25) is 0 Å². The number of halogens is 4. The van der Waals surface area contributed by atoms with Crippen molar-refractivity contribution in [3.05, 3.63) is 28.3 Å². The van der Waals surface area contributed by atoms with Gasteiger partial charge >= 0.3 is 6.18 Å². The minimum atomic E-state index is -4.49. The second kappa shape index (κ2) is 6.65. The number of fused-ring (bicyclic) bond motifs is 2. The molecule has 0 aromatic carbocycles. The van der Waals surface area contributed by atoms with Crippen LogP contribution < -0.4 is 5.73 Å². The van der Waals surface area contributed by atoms with Gasteiger partial charge in [-0.05, 0) is 49.3 Å². The van der Waals surface area contributed by atoms with Gasteiger partial charge in [-0.25, -0.2) is 4.98 Å². The van der Waals surface area contributed by atoms with E-state index < -0.39 is 11.9 Å². The Bertz CT molecular complexity index is 854. The number of carbonyl (C=O) groups is 1. The van der Waals surface area contributed by atoms with Crippen LogP contribution in [-0.4, -0.2) is 34.9 Å². The van der Waals surface area contributed by atoms with Crippen LogP contribution in [0.4, 0.5) is 13.2 Å². The molecule has 3 heterocycles. The van der Waals surface area contributed by atoms with Crippen molar-refractivity contribution in [2.45, 2.75) is 32.0 Å². The number of carbonyl (C=O) groups excluding carboxylic acids is 1. The molecule has 2 aromatic rings. The van der Waals surface area contributed by atoms with Crippen LogP contribution >= 0.6 is 23.7 Å². The predicted octanol–water partition coefficient (Wildman–Crippen LogP) is 3.85. The van der Waals surface area contributed by atoms with Crippen molar-refractivity contribution in [1.29, 1.82) is 0 Å². The van der Waals surface area contributed by atoms with Gasteiger partial charge in [0.1, 0.15) is 10.5 Å². The van der Waals surface area contributed by atoms with Crippen LogP contribution in [-0.2, 0) is 6.18 Å². The maximum absolute atomic E-state index is 12.9. The average molecular weight is 406 g/mol. The highest BCUT2D eigenvalue weighted by Gasteiger charge is 2.43. The molecule has 3 unspecified atom stereocenters. The van der Waals surface area contributed by atoms with Gasteiger partial charge in [-0.2, -0.15) is 13.2 Å². The van der Waals surface area contributed by atoms with Gasteiger partial charge in [-0.3, -0.25) is 4.79 Å². The Morgan fingerprint density at radius 2 is 2.04 bits per heavy atom. The molecule has 26 heavy (non-hydrogen) atoms. The van der Waals surface area contributed by atoms with Gasteiger partial charge in [0, 0.05) is 24.5 Å². The Morgan fingerprint density at radius 1 is 1.31 bits per heavy atom. The first kappa shape index (κ1) is 19.4. The monoisotopic (exact) mass is 405 g/mol. The van der Waals surface area contributed by atoms with Crippen molar-refractivity contribution in [1.82, 2.24) is 9.88 Å². The second-order valence-electron chi connectivity index (χ2n) is 6.98. The average Bonchev–Trinajstić information content (AvgIpc) is 3.21. The van der Waals surface area contributed by atoms with E-state index in [0.29, 0.717) is 40.8 Å². The molecule has 1 saturated heterocycles. The fraction of sp³-hybridized carbons (Fsp3) is 0.529. The summed E-state index contributed by atoms with van der Waals surface area (Å²) in [5, 5.41) is 0.609.